The molecule has 5 heteroatoms. The molecule has 0 bridgehead atoms. The fourth-order valence-electron chi connectivity index (χ4n) is 3.56. The minimum atomic E-state index is -0.877. The van der Waals surface area contributed by atoms with E-state index in [1.165, 1.54) is 50.4 Å². The van der Waals surface area contributed by atoms with Gasteiger partial charge in [0.1, 0.15) is 0 Å². The van der Waals surface area contributed by atoms with Gasteiger partial charge in [-0.3, -0.25) is 9.69 Å². The molecule has 0 spiro atoms. The van der Waals surface area contributed by atoms with Crippen molar-refractivity contribution in [2.75, 3.05) is 13.1 Å². The maximum Gasteiger partial charge on any atom is 0.220 e. The van der Waals surface area contributed by atoms with Gasteiger partial charge in [0.05, 0.1) is 0 Å². The van der Waals surface area contributed by atoms with Crippen LogP contribution in [0.2, 0.25) is 0 Å². The molecule has 0 saturated carbocycles. The number of likely N-dealkylation sites (tertiary alicyclic amines) is 1. The van der Waals surface area contributed by atoms with E-state index < -0.39 is 11.6 Å². The number of hydrogen-bond acceptors (Lipinski definition) is 2. The number of nitrogens with zero attached hydrogens (tertiary/aromatic N) is 1. The van der Waals surface area contributed by atoms with E-state index in [-0.39, 0.29) is 12.3 Å². The zero-order valence-electron chi connectivity index (χ0n) is 16.2. The summed E-state index contributed by atoms with van der Waals surface area (Å²) in [5.74, 6) is -1.84. The first kappa shape index (κ1) is 20.5. The lowest BCUT2D eigenvalue weighted by Gasteiger charge is -2.19. The van der Waals surface area contributed by atoms with Crippen molar-refractivity contribution in [1.82, 2.24) is 10.2 Å². The molecule has 0 aliphatic carbocycles. The van der Waals surface area contributed by atoms with E-state index in [9.17, 15) is 13.6 Å². The number of amides is 1. The molecule has 150 valence electrons. The van der Waals surface area contributed by atoms with E-state index >= 15 is 0 Å². The van der Waals surface area contributed by atoms with Gasteiger partial charge in [-0.25, -0.2) is 8.78 Å². The summed E-state index contributed by atoms with van der Waals surface area (Å²) in [6, 6.07) is 12.1. The van der Waals surface area contributed by atoms with Crippen molar-refractivity contribution in [3.8, 4) is 0 Å². The fraction of sp³-hybridized carbons (Fsp3) is 0.435. The average Bonchev–Trinajstić information content (AvgIpc) is 2.97. The Kier molecular flexibility index (Phi) is 7.54. The molecule has 0 radical (unpaired) electrons. The molecule has 1 fully saturated rings. The number of halogens is 2. The molecule has 0 unspecified atom stereocenters. The van der Waals surface area contributed by atoms with Gasteiger partial charge < -0.3 is 5.32 Å². The first-order valence-corrected chi connectivity index (χ1v) is 10.1. The summed E-state index contributed by atoms with van der Waals surface area (Å²) < 4.78 is 26.1. The van der Waals surface area contributed by atoms with Gasteiger partial charge in [0, 0.05) is 19.5 Å². The zero-order valence-corrected chi connectivity index (χ0v) is 16.2. The number of carbonyl (C=O) groups is 1. The molecule has 28 heavy (non-hydrogen) atoms. The van der Waals surface area contributed by atoms with Crippen LogP contribution in [-0.4, -0.2) is 23.9 Å². The molecular formula is C23H28F2N2O. The number of hydrogen-bond donors (Lipinski definition) is 1. The summed E-state index contributed by atoms with van der Waals surface area (Å²) in [7, 11) is 0. The van der Waals surface area contributed by atoms with Crippen LogP contribution in [0.1, 0.15) is 48.8 Å². The lowest BCUT2D eigenvalue weighted by Crippen LogP contribution is -2.24. The van der Waals surface area contributed by atoms with E-state index in [4.69, 9.17) is 0 Å². The van der Waals surface area contributed by atoms with Crippen LogP contribution in [0.3, 0.4) is 0 Å². The van der Waals surface area contributed by atoms with Crippen LogP contribution in [0.4, 0.5) is 8.78 Å². The minimum Gasteiger partial charge on any atom is -0.352 e. The molecular weight excluding hydrogens is 358 g/mol. The highest BCUT2D eigenvalue weighted by Crippen LogP contribution is 2.14. The molecule has 1 heterocycles. The maximum atomic E-state index is 13.2. The van der Waals surface area contributed by atoms with Gasteiger partial charge in [-0.05, 0) is 61.2 Å². The molecule has 0 aromatic heterocycles. The largest absolute Gasteiger partial charge is 0.352 e. The highest BCUT2D eigenvalue weighted by atomic mass is 19.2. The predicted molar refractivity (Wildman–Crippen MR) is 107 cm³/mol. The Morgan fingerprint density at radius 1 is 0.857 bits per heavy atom. The van der Waals surface area contributed by atoms with Crippen molar-refractivity contribution in [3.05, 3.63) is 70.8 Å². The second kappa shape index (κ2) is 10.3. The summed E-state index contributed by atoms with van der Waals surface area (Å²) >= 11 is 0. The van der Waals surface area contributed by atoms with E-state index in [0.717, 1.165) is 24.2 Å². The van der Waals surface area contributed by atoms with Crippen molar-refractivity contribution in [2.24, 2.45) is 0 Å². The molecule has 1 saturated heterocycles. The number of rotatable bonds is 7. The molecule has 1 N–H and O–H groups in total. The van der Waals surface area contributed by atoms with Gasteiger partial charge in [0.15, 0.2) is 11.6 Å². The van der Waals surface area contributed by atoms with Crippen LogP contribution in [0.25, 0.3) is 0 Å². The first-order chi connectivity index (χ1) is 13.6. The number of carbonyl (C=O) groups excluding carboxylic acids is 1. The number of aryl methyl sites for hydroxylation is 1. The highest BCUT2D eigenvalue weighted by molar-refractivity contribution is 5.76. The first-order valence-electron chi connectivity index (χ1n) is 10.1. The van der Waals surface area contributed by atoms with Crippen LogP contribution < -0.4 is 5.32 Å². The van der Waals surface area contributed by atoms with Gasteiger partial charge >= 0.3 is 0 Å². The molecule has 1 aliphatic rings. The highest BCUT2D eigenvalue weighted by Gasteiger charge is 2.10. The Bertz CT molecular complexity index is 769. The Labute approximate surface area is 165 Å². The Hall–Kier alpha value is -2.27. The molecule has 3 nitrogen and oxygen atoms in total. The van der Waals surface area contributed by atoms with E-state index in [2.05, 4.69) is 34.5 Å². The predicted octanol–water partition coefficient (Wildman–Crippen LogP) is 4.59. The third kappa shape index (κ3) is 6.41. The second-order valence-corrected chi connectivity index (χ2v) is 7.53. The maximum absolute atomic E-state index is 13.2. The Morgan fingerprint density at radius 3 is 2.18 bits per heavy atom. The summed E-state index contributed by atoms with van der Waals surface area (Å²) in [6.45, 7) is 3.81. The third-order valence-corrected chi connectivity index (χ3v) is 5.24. The van der Waals surface area contributed by atoms with Crippen molar-refractivity contribution in [1.29, 1.82) is 0 Å². The van der Waals surface area contributed by atoms with Gasteiger partial charge in [0.25, 0.3) is 0 Å². The summed E-state index contributed by atoms with van der Waals surface area (Å²) in [5.41, 5.74) is 2.98. The molecule has 2 aromatic carbocycles. The molecule has 1 amide bonds. The summed E-state index contributed by atoms with van der Waals surface area (Å²) in [4.78, 5) is 14.5. The number of nitrogens with one attached hydrogen (secondary N) is 1. The van der Waals surface area contributed by atoms with Gasteiger partial charge in [-0.2, -0.15) is 0 Å². The molecule has 2 aromatic rings. The SMILES string of the molecule is O=C(CCc1ccc(F)c(F)c1)NCc1ccc(CN2CCCCCC2)cc1. The summed E-state index contributed by atoms with van der Waals surface area (Å²) in [6.07, 6.45) is 5.88. The van der Waals surface area contributed by atoms with Crippen LogP contribution in [0.15, 0.2) is 42.5 Å². The van der Waals surface area contributed by atoms with Crippen LogP contribution in [-0.2, 0) is 24.3 Å². The lowest BCUT2D eigenvalue weighted by molar-refractivity contribution is -0.121. The van der Waals surface area contributed by atoms with Crippen LogP contribution >= 0.6 is 0 Å². The van der Waals surface area contributed by atoms with Crippen molar-refractivity contribution in [2.45, 2.75) is 51.6 Å². The van der Waals surface area contributed by atoms with Crippen LogP contribution in [0.5, 0.6) is 0 Å². The van der Waals surface area contributed by atoms with E-state index in [1.807, 2.05) is 0 Å². The minimum absolute atomic E-state index is 0.0987. The fourth-order valence-corrected chi connectivity index (χ4v) is 3.56. The number of benzene rings is 2. The van der Waals surface area contributed by atoms with Crippen molar-refractivity contribution >= 4 is 5.91 Å². The Balaban J connectivity index is 1.41. The topological polar surface area (TPSA) is 32.3 Å². The quantitative estimate of drug-likeness (QED) is 0.755. The van der Waals surface area contributed by atoms with Gasteiger partial charge in [0.2, 0.25) is 5.91 Å². The van der Waals surface area contributed by atoms with E-state index in [0.29, 0.717) is 18.5 Å². The average molecular weight is 386 g/mol. The smallest absolute Gasteiger partial charge is 0.220 e. The van der Waals surface area contributed by atoms with Crippen molar-refractivity contribution in [3.63, 3.8) is 0 Å². The molecule has 3 rings (SSSR count). The summed E-state index contributed by atoms with van der Waals surface area (Å²) in [5, 5.41) is 2.89. The van der Waals surface area contributed by atoms with Crippen LogP contribution in [0, 0.1) is 11.6 Å². The third-order valence-electron chi connectivity index (χ3n) is 5.24. The van der Waals surface area contributed by atoms with Gasteiger partial charge in [-0.15, -0.1) is 0 Å². The van der Waals surface area contributed by atoms with Crippen molar-refractivity contribution < 1.29 is 13.6 Å². The standard InChI is InChI=1S/C23H28F2N2O/c24-21-11-9-18(15-22(21)25)10-12-23(28)26-16-19-5-7-20(8-6-19)17-27-13-3-1-2-4-14-27/h5-9,11,15H,1-4,10,12-14,16-17H2,(H,26,28). The van der Waals surface area contributed by atoms with E-state index in [1.54, 1.807) is 0 Å². The molecule has 1 aliphatic heterocycles. The van der Waals surface area contributed by atoms with Gasteiger partial charge in [-0.1, -0.05) is 43.2 Å². The molecule has 0 atom stereocenters. The Morgan fingerprint density at radius 2 is 1.50 bits per heavy atom. The normalized spacial score (nSPS) is 15.2. The lowest BCUT2D eigenvalue weighted by atomic mass is 10.1. The second-order valence-electron chi connectivity index (χ2n) is 7.53. The zero-order chi connectivity index (χ0) is 19.8. The monoisotopic (exact) mass is 386 g/mol.